The highest BCUT2D eigenvalue weighted by Crippen LogP contribution is 2.26. The second kappa shape index (κ2) is 11.2. The maximum atomic E-state index is 13.4. The quantitative estimate of drug-likeness (QED) is 0.259. The van der Waals surface area contributed by atoms with E-state index in [1.807, 2.05) is 42.5 Å². The van der Waals surface area contributed by atoms with E-state index in [9.17, 15) is 9.18 Å². The van der Waals surface area contributed by atoms with Gasteiger partial charge >= 0.3 is 0 Å². The summed E-state index contributed by atoms with van der Waals surface area (Å²) in [5.41, 5.74) is 3.46. The Hall–Kier alpha value is -3.31. The van der Waals surface area contributed by atoms with Crippen LogP contribution in [-0.2, 0) is 6.61 Å². The Morgan fingerprint density at radius 3 is 2.50 bits per heavy atom. The van der Waals surface area contributed by atoms with Crippen LogP contribution in [0.3, 0.4) is 0 Å². The van der Waals surface area contributed by atoms with E-state index < -0.39 is 5.82 Å². The number of piperidine rings is 1. The van der Waals surface area contributed by atoms with Crippen LogP contribution in [0.1, 0.15) is 40.7 Å². The number of ketones is 1. The van der Waals surface area contributed by atoms with Crippen molar-refractivity contribution in [2.24, 2.45) is 0 Å². The fraction of sp³-hybridized carbons (Fsp3) is 0.250. The number of anilines is 1. The molecule has 3 aromatic carbocycles. The summed E-state index contributed by atoms with van der Waals surface area (Å²) >= 11 is 5.83. The Labute approximate surface area is 204 Å². The number of benzene rings is 3. The predicted octanol–water partition coefficient (Wildman–Crippen LogP) is 6.95. The van der Waals surface area contributed by atoms with E-state index in [2.05, 4.69) is 4.90 Å². The van der Waals surface area contributed by atoms with Crippen molar-refractivity contribution in [2.45, 2.75) is 25.9 Å². The molecule has 0 bridgehead atoms. The summed E-state index contributed by atoms with van der Waals surface area (Å²) < 4.78 is 24.5. The van der Waals surface area contributed by atoms with Crippen molar-refractivity contribution in [1.29, 1.82) is 0 Å². The van der Waals surface area contributed by atoms with Crippen LogP contribution in [0.15, 0.2) is 66.7 Å². The van der Waals surface area contributed by atoms with E-state index in [4.69, 9.17) is 21.1 Å². The molecule has 1 aliphatic heterocycles. The number of nitrogens with zero attached hydrogens (tertiary/aromatic N) is 1. The molecular formula is C28H27ClFNO3. The molecular weight excluding hydrogens is 453 g/mol. The molecule has 1 heterocycles. The first kappa shape index (κ1) is 23.8. The zero-order valence-electron chi connectivity index (χ0n) is 19.1. The van der Waals surface area contributed by atoms with Gasteiger partial charge in [0.15, 0.2) is 5.78 Å². The first-order chi connectivity index (χ1) is 16.5. The first-order valence-electron chi connectivity index (χ1n) is 11.4. The molecule has 4 rings (SSSR count). The van der Waals surface area contributed by atoms with Crippen LogP contribution < -0.4 is 14.4 Å². The lowest BCUT2D eigenvalue weighted by molar-refractivity contribution is 0.104. The van der Waals surface area contributed by atoms with Gasteiger partial charge in [-0.15, -0.1) is 0 Å². The molecule has 0 amide bonds. The Morgan fingerprint density at radius 2 is 1.79 bits per heavy atom. The highest BCUT2D eigenvalue weighted by atomic mass is 35.5. The summed E-state index contributed by atoms with van der Waals surface area (Å²) in [4.78, 5) is 15.1. The second-order valence-corrected chi connectivity index (χ2v) is 8.64. The van der Waals surface area contributed by atoms with Crippen molar-refractivity contribution in [3.05, 3.63) is 94.3 Å². The molecule has 3 aromatic rings. The largest absolute Gasteiger partial charge is 0.496 e. The van der Waals surface area contributed by atoms with E-state index in [1.54, 1.807) is 19.3 Å². The van der Waals surface area contributed by atoms with Gasteiger partial charge in [0.25, 0.3) is 0 Å². The monoisotopic (exact) mass is 479 g/mol. The molecule has 0 aliphatic carbocycles. The molecule has 0 radical (unpaired) electrons. The zero-order chi connectivity index (χ0) is 23.9. The third-order valence-electron chi connectivity index (χ3n) is 5.89. The summed E-state index contributed by atoms with van der Waals surface area (Å²) in [7, 11) is 1.58. The molecule has 0 aromatic heterocycles. The summed E-state index contributed by atoms with van der Waals surface area (Å²) in [5, 5.41) is 0.00335. The van der Waals surface area contributed by atoms with Crippen molar-refractivity contribution in [2.75, 3.05) is 25.1 Å². The van der Waals surface area contributed by atoms with Crippen LogP contribution in [0.25, 0.3) is 6.08 Å². The Morgan fingerprint density at radius 1 is 1.03 bits per heavy atom. The Kier molecular flexibility index (Phi) is 7.86. The van der Waals surface area contributed by atoms with Crippen molar-refractivity contribution < 1.29 is 18.7 Å². The van der Waals surface area contributed by atoms with Crippen molar-refractivity contribution in [1.82, 2.24) is 0 Å². The van der Waals surface area contributed by atoms with Crippen LogP contribution in [-0.4, -0.2) is 26.0 Å². The fourth-order valence-electron chi connectivity index (χ4n) is 4.00. The van der Waals surface area contributed by atoms with Gasteiger partial charge in [0, 0.05) is 36.0 Å². The van der Waals surface area contributed by atoms with E-state index in [0.717, 1.165) is 24.2 Å². The van der Waals surface area contributed by atoms with Gasteiger partial charge in [-0.25, -0.2) is 4.39 Å². The van der Waals surface area contributed by atoms with Gasteiger partial charge in [-0.1, -0.05) is 23.7 Å². The van der Waals surface area contributed by atoms with E-state index >= 15 is 0 Å². The number of ether oxygens (including phenoxy) is 2. The molecule has 1 saturated heterocycles. The summed E-state index contributed by atoms with van der Waals surface area (Å²) in [6.45, 7) is 2.36. The van der Waals surface area contributed by atoms with Crippen LogP contribution >= 0.6 is 11.6 Å². The Balaban J connectivity index is 1.42. The lowest BCUT2D eigenvalue weighted by atomic mass is 10.1. The maximum Gasteiger partial charge on any atom is 0.185 e. The van der Waals surface area contributed by atoms with Crippen molar-refractivity contribution >= 4 is 29.1 Å². The minimum absolute atomic E-state index is 0.00335. The SMILES string of the molecule is COc1ccc(/C=C/C(=O)c2ccc(N3CCCCC3)cc2)cc1COc1ccc(F)c(Cl)c1. The number of carbonyl (C=O) groups is 1. The molecule has 34 heavy (non-hydrogen) atoms. The molecule has 0 spiro atoms. The number of rotatable bonds is 8. The summed E-state index contributed by atoms with van der Waals surface area (Å²) in [6, 6.07) is 17.6. The van der Waals surface area contributed by atoms with Gasteiger partial charge in [-0.3, -0.25) is 4.79 Å². The molecule has 1 aliphatic rings. The number of allylic oxidation sites excluding steroid dienone is 1. The van der Waals surface area contributed by atoms with Gasteiger partial charge in [-0.05, 0) is 79.4 Å². The van der Waals surface area contributed by atoms with E-state index in [1.165, 1.54) is 43.1 Å². The first-order valence-corrected chi connectivity index (χ1v) is 11.7. The van der Waals surface area contributed by atoms with Crippen molar-refractivity contribution in [3.8, 4) is 11.5 Å². The highest BCUT2D eigenvalue weighted by Gasteiger charge is 2.12. The number of carbonyl (C=O) groups excluding carboxylic acids is 1. The summed E-state index contributed by atoms with van der Waals surface area (Å²) in [6.07, 6.45) is 7.07. The van der Waals surface area contributed by atoms with E-state index in [-0.39, 0.29) is 17.4 Å². The van der Waals surface area contributed by atoms with Crippen molar-refractivity contribution in [3.63, 3.8) is 0 Å². The summed E-state index contributed by atoms with van der Waals surface area (Å²) in [5.74, 6) is 0.562. The molecule has 0 N–H and O–H groups in total. The van der Waals surface area contributed by atoms with Gasteiger partial charge in [0.05, 0.1) is 12.1 Å². The lowest BCUT2D eigenvalue weighted by Crippen LogP contribution is -2.29. The molecule has 0 unspecified atom stereocenters. The molecule has 0 atom stereocenters. The van der Waals surface area contributed by atoms with Gasteiger partial charge in [0.1, 0.15) is 23.9 Å². The maximum absolute atomic E-state index is 13.4. The number of hydrogen-bond acceptors (Lipinski definition) is 4. The van der Waals surface area contributed by atoms with Crippen LogP contribution in [0.5, 0.6) is 11.5 Å². The number of hydrogen-bond donors (Lipinski definition) is 0. The average molecular weight is 480 g/mol. The molecule has 4 nitrogen and oxygen atoms in total. The standard InChI is InChI=1S/C28H27ClFNO3/c1-33-28-14-6-20(17-22(28)19-34-24-11-12-26(30)25(29)18-24)5-13-27(32)21-7-9-23(10-8-21)31-15-3-2-4-16-31/h5-14,17-18H,2-4,15-16,19H2,1H3/b13-5+. The molecule has 176 valence electrons. The lowest BCUT2D eigenvalue weighted by Gasteiger charge is -2.28. The fourth-order valence-corrected chi connectivity index (χ4v) is 4.17. The number of halogens is 2. The predicted molar refractivity (Wildman–Crippen MR) is 135 cm³/mol. The highest BCUT2D eigenvalue weighted by molar-refractivity contribution is 6.30. The normalized spacial score (nSPS) is 13.8. The third-order valence-corrected chi connectivity index (χ3v) is 6.18. The van der Waals surface area contributed by atoms with Gasteiger partial charge in [0.2, 0.25) is 0 Å². The van der Waals surface area contributed by atoms with Crippen LogP contribution in [0.4, 0.5) is 10.1 Å². The molecule has 6 heteroatoms. The van der Waals surface area contributed by atoms with E-state index in [0.29, 0.717) is 17.1 Å². The molecule has 0 saturated carbocycles. The number of methoxy groups -OCH3 is 1. The minimum Gasteiger partial charge on any atom is -0.496 e. The van der Waals surface area contributed by atoms with Crippen LogP contribution in [0, 0.1) is 5.82 Å². The Bertz CT molecular complexity index is 1170. The second-order valence-electron chi connectivity index (χ2n) is 8.23. The molecule has 1 fully saturated rings. The minimum atomic E-state index is -0.496. The topological polar surface area (TPSA) is 38.8 Å². The third kappa shape index (κ3) is 5.97. The van der Waals surface area contributed by atoms with Gasteiger partial charge in [-0.2, -0.15) is 0 Å². The van der Waals surface area contributed by atoms with Gasteiger partial charge < -0.3 is 14.4 Å². The zero-order valence-corrected chi connectivity index (χ0v) is 19.9. The van der Waals surface area contributed by atoms with Crippen LogP contribution in [0.2, 0.25) is 5.02 Å². The smallest absolute Gasteiger partial charge is 0.185 e. The average Bonchev–Trinajstić information content (AvgIpc) is 2.88.